The molecule has 0 aliphatic carbocycles. The third-order valence-corrected chi connectivity index (χ3v) is 1.32. The predicted octanol–water partition coefficient (Wildman–Crippen LogP) is -0.857. The molecule has 0 bridgehead atoms. The van der Waals surface area contributed by atoms with Gasteiger partial charge in [0.2, 0.25) is 5.71 Å². The largest absolute Gasteiger partial charge is 0.436 e. The molecule has 0 amide bonds. The van der Waals surface area contributed by atoms with Crippen molar-refractivity contribution >= 4 is 18.9 Å². The van der Waals surface area contributed by atoms with Crippen molar-refractivity contribution in [3.8, 4) is 0 Å². The summed E-state index contributed by atoms with van der Waals surface area (Å²) in [5, 5.41) is 7.97. The molecule has 0 N–H and O–H groups in total. The van der Waals surface area contributed by atoms with Crippen molar-refractivity contribution in [3.63, 3.8) is 0 Å². The van der Waals surface area contributed by atoms with E-state index >= 15 is 0 Å². The van der Waals surface area contributed by atoms with E-state index in [2.05, 4.69) is 23.5 Å². The standard InChI is InChI=1S/C6H5N3O/c1-4-5(2)10-6-3-7-8-9(4)6/h3H,1-2H2. The Hall–Kier alpha value is -1.58. The minimum Gasteiger partial charge on any atom is -0.436 e. The van der Waals surface area contributed by atoms with Gasteiger partial charge in [-0.2, -0.15) is 4.52 Å². The average Bonchev–Trinajstić information content (AvgIpc) is 2.41. The van der Waals surface area contributed by atoms with E-state index in [0.717, 1.165) is 0 Å². The molecule has 0 saturated carbocycles. The zero-order valence-corrected chi connectivity index (χ0v) is 5.24. The molecule has 2 aromatic heterocycles. The van der Waals surface area contributed by atoms with Gasteiger partial charge in [0.15, 0.2) is 0 Å². The fourth-order valence-electron chi connectivity index (χ4n) is 0.785. The summed E-state index contributed by atoms with van der Waals surface area (Å²) in [6.07, 6.45) is 1.52. The predicted molar refractivity (Wildman–Crippen MR) is 35.5 cm³/mol. The average molecular weight is 135 g/mol. The Balaban J connectivity index is 3.24. The van der Waals surface area contributed by atoms with Crippen LogP contribution in [-0.4, -0.2) is 14.8 Å². The first-order chi connectivity index (χ1) is 4.79. The monoisotopic (exact) mass is 135 g/mol. The summed E-state index contributed by atoms with van der Waals surface area (Å²) in [4.78, 5) is 0. The lowest BCUT2D eigenvalue weighted by molar-refractivity contribution is 0.572. The SMILES string of the molecule is C=c1oc2cnnn2c1=C. The zero-order chi connectivity index (χ0) is 7.14. The van der Waals surface area contributed by atoms with Crippen molar-refractivity contribution < 1.29 is 4.42 Å². The second-order valence-corrected chi connectivity index (χ2v) is 1.96. The Labute approximate surface area is 56.1 Å². The van der Waals surface area contributed by atoms with Crippen LogP contribution in [-0.2, 0) is 0 Å². The normalized spacial score (nSPS) is 10.8. The summed E-state index contributed by atoms with van der Waals surface area (Å²) in [6.45, 7) is 7.30. The number of aromatic nitrogens is 3. The number of oxazole rings is 1. The molecule has 0 fully saturated rings. The van der Waals surface area contributed by atoms with Gasteiger partial charge >= 0.3 is 0 Å². The highest BCUT2D eigenvalue weighted by molar-refractivity contribution is 5.29. The van der Waals surface area contributed by atoms with Crippen molar-refractivity contribution in [2.45, 2.75) is 0 Å². The molecular weight excluding hydrogens is 130 g/mol. The van der Waals surface area contributed by atoms with Gasteiger partial charge in [-0.1, -0.05) is 18.4 Å². The van der Waals surface area contributed by atoms with Crippen LogP contribution < -0.4 is 10.8 Å². The maximum Gasteiger partial charge on any atom is 0.243 e. The number of fused-ring (bicyclic) bond motifs is 1. The molecule has 0 spiro atoms. The Morgan fingerprint density at radius 1 is 1.50 bits per heavy atom. The highest BCUT2D eigenvalue weighted by Crippen LogP contribution is 1.88. The van der Waals surface area contributed by atoms with Crippen LogP contribution in [0.15, 0.2) is 10.6 Å². The molecule has 0 radical (unpaired) electrons. The van der Waals surface area contributed by atoms with Gasteiger partial charge in [-0.25, -0.2) is 0 Å². The lowest BCUT2D eigenvalue weighted by Gasteiger charge is -1.70. The highest BCUT2D eigenvalue weighted by atomic mass is 16.3. The fraction of sp³-hybridized carbons (Fsp3) is 0. The lowest BCUT2D eigenvalue weighted by Crippen LogP contribution is -2.22. The summed E-state index contributed by atoms with van der Waals surface area (Å²) >= 11 is 0. The van der Waals surface area contributed by atoms with Crippen LogP contribution in [0, 0.1) is 0 Å². The van der Waals surface area contributed by atoms with Gasteiger partial charge in [0.25, 0.3) is 0 Å². The van der Waals surface area contributed by atoms with Crippen LogP contribution in [0.3, 0.4) is 0 Å². The van der Waals surface area contributed by atoms with Crippen LogP contribution in [0.5, 0.6) is 0 Å². The van der Waals surface area contributed by atoms with Gasteiger partial charge in [-0.3, -0.25) is 0 Å². The number of nitrogens with zero attached hydrogens (tertiary/aromatic N) is 3. The van der Waals surface area contributed by atoms with E-state index < -0.39 is 0 Å². The van der Waals surface area contributed by atoms with Gasteiger partial charge in [0.1, 0.15) is 17.0 Å². The van der Waals surface area contributed by atoms with Crippen molar-refractivity contribution in [2.75, 3.05) is 0 Å². The summed E-state index contributed by atoms with van der Waals surface area (Å²) in [6, 6.07) is 0. The third kappa shape index (κ3) is 0.452. The van der Waals surface area contributed by atoms with Gasteiger partial charge in [-0.05, 0) is 0 Å². The summed E-state index contributed by atoms with van der Waals surface area (Å²) in [7, 11) is 0. The van der Waals surface area contributed by atoms with Crippen molar-refractivity contribution in [1.82, 2.24) is 14.8 Å². The summed E-state index contributed by atoms with van der Waals surface area (Å²) in [5.74, 6) is 0. The third-order valence-electron chi connectivity index (χ3n) is 1.32. The molecule has 0 unspecified atom stereocenters. The van der Waals surface area contributed by atoms with E-state index in [4.69, 9.17) is 4.42 Å². The van der Waals surface area contributed by atoms with Crippen molar-refractivity contribution in [1.29, 1.82) is 0 Å². The highest BCUT2D eigenvalue weighted by Gasteiger charge is 1.98. The maximum atomic E-state index is 5.10. The van der Waals surface area contributed by atoms with Gasteiger partial charge in [-0.15, -0.1) is 5.10 Å². The Morgan fingerprint density at radius 3 is 3.00 bits per heavy atom. The quantitative estimate of drug-likeness (QED) is 0.472. The molecule has 0 atom stereocenters. The molecule has 0 aliphatic rings. The second kappa shape index (κ2) is 1.47. The number of rotatable bonds is 0. The first-order valence-electron chi connectivity index (χ1n) is 2.76. The molecule has 0 saturated heterocycles. The van der Waals surface area contributed by atoms with E-state index in [0.29, 0.717) is 16.5 Å². The number of hydrogen-bond donors (Lipinski definition) is 0. The topological polar surface area (TPSA) is 43.3 Å². The molecule has 4 heteroatoms. The van der Waals surface area contributed by atoms with Gasteiger partial charge in [0.05, 0.1) is 0 Å². The molecule has 4 nitrogen and oxygen atoms in total. The van der Waals surface area contributed by atoms with Crippen LogP contribution in [0.4, 0.5) is 0 Å². The molecule has 0 aromatic carbocycles. The van der Waals surface area contributed by atoms with E-state index in [9.17, 15) is 0 Å². The minimum absolute atomic E-state index is 0.532. The van der Waals surface area contributed by atoms with Crippen LogP contribution in [0.25, 0.3) is 18.9 Å². The Kier molecular flexibility index (Phi) is 0.768. The zero-order valence-electron chi connectivity index (χ0n) is 5.24. The molecule has 2 rings (SSSR count). The Morgan fingerprint density at radius 2 is 2.30 bits per heavy atom. The number of hydrogen-bond acceptors (Lipinski definition) is 3. The first-order valence-corrected chi connectivity index (χ1v) is 2.76. The molecule has 2 heterocycles. The van der Waals surface area contributed by atoms with Crippen molar-refractivity contribution in [3.05, 3.63) is 17.0 Å². The summed E-state index contributed by atoms with van der Waals surface area (Å²) < 4.78 is 6.61. The van der Waals surface area contributed by atoms with Gasteiger partial charge < -0.3 is 4.42 Å². The molecule has 10 heavy (non-hydrogen) atoms. The minimum atomic E-state index is 0.532. The van der Waals surface area contributed by atoms with Crippen LogP contribution in [0.1, 0.15) is 0 Å². The second-order valence-electron chi connectivity index (χ2n) is 1.96. The van der Waals surface area contributed by atoms with Crippen molar-refractivity contribution in [2.24, 2.45) is 0 Å². The first kappa shape index (κ1) is 5.22. The maximum absolute atomic E-state index is 5.10. The smallest absolute Gasteiger partial charge is 0.243 e. The molecular formula is C6H5N3O. The lowest BCUT2D eigenvalue weighted by atomic mass is 10.7. The van der Waals surface area contributed by atoms with E-state index in [1.165, 1.54) is 10.7 Å². The van der Waals surface area contributed by atoms with Crippen LogP contribution >= 0.6 is 0 Å². The Bertz CT molecular complexity index is 453. The van der Waals surface area contributed by atoms with Crippen LogP contribution in [0.2, 0.25) is 0 Å². The molecule has 0 aliphatic heterocycles. The van der Waals surface area contributed by atoms with E-state index in [-0.39, 0.29) is 0 Å². The molecule has 2 aromatic rings. The summed E-state index contributed by atoms with van der Waals surface area (Å²) in [5.41, 5.74) is 1.11. The van der Waals surface area contributed by atoms with Gasteiger partial charge in [0, 0.05) is 0 Å². The van der Waals surface area contributed by atoms with E-state index in [1.54, 1.807) is 0 Å². The van der Waals surface area contributed by atoms with E-state index in [1.807, 2.05) is 0 Å². The molecule has 50 valence electrons. The fourth-order valence-corrected chi connectivity index (χ4v) is 0.785.